The molecule has 0 unspecified atom stereocenters. The van der Waals surface area contributed by atoms with Gasteiger partial charge in [-0.1, -0.05) is 31.0 Å². The van der Waals surface area contributed by atoms with Crippen molar-refractivity contribution in [2.45, 2.75) is 57.1 Å². The van der Waals surface area contributed by atoms with Gasteiger partial charge in [0.15, 0.2) is 5.16 Å². The average Bonchev–Trinajstić information content (AvgIpc) is 3.00. The molecular formula is C15H24N4O3S. The Morgan fingerprint density at radius 3 is 2.70 bits per heavy atom. The molecular weight excluding hydrogens is 316 g/mol. The highest BCUT2D eigenvalue weighted by molar-refractivity contribution is 7.99. The van der Waals surface area contributed by atoms with E-state index in [0.717, 1.165) is 19.3 Å². The largest absolute Gasteiger partial charge is 0.481 e. The molecule has 1 aromatic heterocycles. The lowest BCUT2D eigenvalue weighted by molar-refractivity contribution is -0.151. The van der Waals surface area contributed by atoms with Gasteiger partial charge in [-0.2, -0.15) is 0 Å². The molecule has 0 spiro atoms. The minimum Gasteiger partial charge on any atom is -0.481 e. The van der Waals surface area contributed by atoms with Gasteiger partial charge < -0.3 is 15.0 Å². The molecule has 1 aliphatic carbocycles. The maximum atomic E-state index is 12.0. The Labute approximate surface area is 140 Å². The Kier molecular flexibility index (Phi) is 6.04. The first-order chi connectivity index (χ1) is 10.9. The maximum absolute atomic E-state index is 12.0. The van der Waals surface area contributed by atoms with Crippen molar-refractivity contribution in [3.8, 4) is 0 Å². The van der Waals surface area contributed by atoms with E-state index in [0.29, 0.717) is 18.0 Å². The summed E-state index contributed by atoms with van der Waals surface area (Å²) in [4.78, 5) is 23.6. The number of carbonyl (C=O) groups excluding carboxylic acids is 1. The van der Waals surface area contributed by atoms with Gasteiger partial charge in [0.2, 0.25) is 5.91 Å². The standard InChI is InChI=1S/C15H24N4O3S/c1-11(2)19-10-17-18-14(19)23-8-12(20)16-9-15(13(21)22)6-4-3-5-7-15/h10-11H,3-9H2,1-2H3,(H,16,20)(H,21,22). The summed E-state index contributed by atoms with van der Waals surface area (Å²) in [6.45, 7) is 4.25. The average molecular weight is 340 g/mol. The number of nitrogens with zero attached hydrogens (tertiary/aromatic N) is 3. The number of aromatic nitrogens is 3. The SMILES string of the molecule is CC(C)n1cnnc1SCC(=O)NCC1(C(=O)O)CCCCC1. The van der Waals surface area contributed by atoms with Gasteiger partial charge in [-0.3, -0.25) is 9.59 Å². The second-order valence-corrected chi connectivity index (χ2v) is 7.27. The predicted molar refractivity (Wildman–Crippen MR) is 87.3 cm³/mol. The lowest BCUT2D eigenvalue weighted by Gasteiger charge is -2.33. The van der Waals surface area contributed by atoms with Crippen LogP contribution < -0.4 is 5.32 Å². The van der Waals surface area contributed by atoms with E-state index in [1.807, 2.05) is 18.4 Å². The van der Waals surface area contributed by atoms with Crippen molar-refractivity contribution in [3.63, 3.8) is 0 Å². The Morgan fingerprint density at radius 2 is 2.09 bits per heavy atom. The summed E-state index contributed by atoms with van der Waals surface area (Å²) in [6.07, 6.45) is 5.81. The van der Waals surface area contributed by atoms with Gasteiger partial charge in [0.25, 0.3) is 0 Å². The molecule has 0 radical (unpaired) electrons. The smallest absolute Gasteiger partial charge is 0.311 e. The number of rotatable bonds is 7. The Balaban J connectivity index is 1.84. The Bertz CT molecular complexity index is 553. The van der Waals surface area contributed by atoms with E-state index in [9.17, 15) is 14.7 Å². The minimum atomic E-state index is -0.801. The molecule has 0 bridgehead atoms. The summed E-state index contributed by atoms with van der Waals surface area (Å²) in [7, 11) is 0. The fourth-order valence-electron chi connectivity index (χ4n) is 2.83. The van der Waals surface area contributed by atoms with E-state index in [1.54, 1.807) is 6.33 Å². The number of hydrogen-bond donors (Lipinski definition) is 2. The molecule has 1 aromatic rings. The third kappa shape index (κ3) is 4.46. The van der Waals surface area contributed by atoms with Crippen LogP contribution in [-0.4, -0.2) is 44.0 Å². The first-order valence-electron chi connectivity index (χ1n) is 7.97. The Hall–Kier alpha value is -1.57. The molecule has 1 saturated carbocycles. The topological polar surface area (TPSA) is 97.1 Å². The zero-order valence-corrected chi connectivity index (χ0v) is 14.4. The van der Waals surface area contributed by atoms with Crippen molar-refractivity contribution < 1.29 is 14.7 Å². The Morgan fingerprint density at radius 1 is 1.39 bits per heavy atom. The molecule has 0 aromatic carbocycles. The van der Waals surface area contributed by atoms with Gasteiger partial charge in [-0.05, 0) is 26.7 Å². The van der Waals surface area contributed by atoms with Crippen LogP contribution in [0.2, 0.25) is 0 Å². The number of amides is 1. The molecule has 0 aliphatic heterocycles. The first kappa shape index (κ1) is 17.8. The number of carbonyl (C=O) groups is 2. The normalized spacial score (nSPS) is 17.2. The molecule has 2 rings (SSSR count). The molecule has 1 heterocycles. The van der Waals surface area contributed by atoms with Crippen molar-refractivity contribution in [3.05, 3.63) is 6.33 Å². The number of thioether (sulfide) groups is 1. The van der Waals surface area contributed by atoms with E-state index in [1.165, 1.54) is 11.8 Å². The van der Waals surface area contributed by atoms with E-state index < -0.39 is 11.4 Å². The lowest BCUT2D eigenvalue weighted by atomic mass is 9.74. The number of carboxylic acids is 1. The molecule has 2 N–H and O–H groups in total. The van der Waals surface area contributed by atoms with Crippen LogP contribution in [-0.2, 0) is 9.59 Å². The highest BCUT2D eigenvalue weighted by Crippen LogP contribution is 2.36. The molecule has 1 aliphatic rings. The summed E-state index contributed by atoms with van der Waals surface area (Å²) in [5.74, 6) is -0.759. The number of aliphatic carboxylic acids is 1. The highest BCUT2D eigenvalue weighted by atomic mass is 32.2. The van der Waals surface area contributed by atoms with Gasteiger partial charge in [-0.25, -0.2) is 0 Å². The second kappa shape index (κ2) is 7.81. The summed E-state index contributed by atoms with van der Waals surface area (Å²) >= 11 is 1.31. The second-order valence-electron chi connectivity index (χ2n) is 6.33. The van der Waals surface area contributed by atoms with Crippen LogP contribution in [0.4, 0.5) is 0 Å². The molecule has 23 heavy (non-hydrogen) atoms. The van der Waals surface area contributed by atoms with Gasteiger partial charge in [0, 0.05) is 12.6 Å². The third-order valence-corrected chi connectivity index (χ3v) is 5.27. The quantitative estimate of drug-likeness (QED) is 0.738. The van der Waals surface area contributed by atoms with E-state index in [4.69, 9.17) is 0 Å². The zero-order valence-electron chi connectivity index (χ0n) is 13.6. The monoisotopic (exact) mass is 340 g/mol. The molecule has 0 saturated heterocycles. The highest BCUT2D eigenvalue weighted by Gasteiger charge is 2.39. The summed E-state index contributed by atoms with van der Waals surface area (Å²) < 4.78 is 1.90. The maximum Gasteiger partial charge on any atom is 0.311 e. The van der Waals surface area contributed by atoms with E-state index >= 15 is 0 Å². The summed E-state index contributed by atoms with van der Waals surface area (Å²) in [5, 5.41) is 20.8. The van der Waals surface area contributed by atoms with Gasteiger partial charge >= 0.3 is 5.97 Å². The molecule has 7 nitrogen and oxygen atoms in total. The number of nitrogens with one attached hydrogen (secondary N) is 1. The minimum absolute atomic E-state index is 0.167. The number of hydrogen-bond acceptors (Lipinski definition) is 5. The van der Waals surface area contributed by atoms with Crippen LogP contribution in [0.25, 0.3) is 0 Å². The van der Waals surface area contributed by atoms with Crippen LogP contribution >= 0.6 is 11.8 Å². The van der Waals surface area contributed by atoms with Crippen LogP contribution in [0.1, 0.15) is 52.0 Å². The van der Waals surface area contributed by atoms with Crippen LogP contribution in [0.5, 0.6) is 0 Å². The third-order valence-electron chi connectivity index (χ3n) is 4.32. The molecule has 1 amide bonds. The zero-order chi connectivity index (χ0) is 16.9. The fourth-order valence-corrected chi connectivity index (χ4v) is 3.71. The molecule has 0 atom stereocenters. The van der Waals surface area contributed by atoms with Crippen molar-refractivity contribution in [1.29, 1.82) is 0 Å². The van der Waals surface area contributed by atoms with Gasteiger partial charge in [-0.15, -0.1) is 10.2 Å². The lowest BCUT2D eigenvalue weighted by Crippen LogP contribution is -2.44. The van der Waals surface area contributed by atoms with Crippen LogP contribution in [0.3, 0.4) is 0 Å². The van der Waals surface area contributed by atoms with Gasteiger partial charge in [0.05, 0.1) is 11.2 Å². The predicted octanol–water partition coefficient (Wildman–Crippen LogP) is 2.10. The van der Waals surface area contributed by atoms with Crippen molar-refractivity contribution >= 4 is 23.6 Å². The molecule has 8 heteroatoms. The van der Waals surface area contributed by atoms with E-state index in [2.05, 4.69) is 15.5 Å². The van der Waals surface area contributed by atoms with Crippen molar-refractivity contribution in [2.24, 2.45) is 5.41 Å². The van der Waals surface area contributed by atoms with Crippen molar-refractivity contribution in [1.82, 2.24) is 20.1 Å². The first-order valence-corrected chi connectivity index (χ1v) is 8.95. The van der Waals surface area contributed by atoms with Crippen LogP contribution in [0.15, 0.2) is 11.5 Å². The summed E-state index contributed by atoms with van der Waals surface area (Å²) in [5.41, 5.74) is -0.795. The summed E-state index contributed by atoms with van der Waals surface area (Å²) in [6, 6.07) is 0.230. The number of carboxylic acid groups (broad SMARTS) is 1. The van der Waals surface area contributed by atoms with Crippen LogP contribution in [0, 0.1) is 5.41 Å². The van der Waals surface area contributed by atoms with E-state index in [-0.39, 0.29) is 24.2 Å². The molecule has 128 valence electrons. The van der Waals surface area contributed by atoms with Gasteiger partial charge in [0.1, 0.15) is 6.33 Å². The molecule has 1 fully saturated rings. The van der Waals surface area contributed by atoms with Crippen molar-refractivity contribution in [2.75, 3.05) is 12.3 Å². The fraction of sp³-hybridized carbons (Fsp3) is 0.733.